The lowest BCUT2D eigenvalue weighted by Gasteiger charge is -2.01. The Bertz CT molecular complexity index is 464. The Kier molecular flexibility index (Phi) is 2.21. The highest BCUT2D eigenvalue weighted by molar-refractivity contribution is 6.29. The fourth-order valence-corrected chi connectivity index (χ4v) is 1.46. The van der Waals surface area contributed by atoms with Crippen LogP contribution >= 0.6 is 11.6 Å². The molecule has 0 N–H and O–H groups in total. The lowest BCUT2D eigenvalue weighted by Crippen LogP contribution is -1.99. The van der Waals surface area contributed by atoms with E-state index in [4.69, 9.17) is 11.6 Å². The topological polar surface area (TPSA) is 43.6 Å². The first-order valence-corrected chi connectivity index (χ1v) is 4.57. The summed E-state index contributed by atoms with van der Waals surface area (Å²) in [6.07, 6.45) is 1.65. The van der Waals surface area contributed by atoms with Crippen LogP contribution < -0.4 is 0 Å². The van der Waals surface area contributed by atoms with Gasteiger partial charge < -0.3 is 0 Å². The smallest absolute Gasteiger partial charge is 0.148 e. The molecule has 0 bridgehead atoms. The van der Waals surface area contributed by atoms with Gasteiger partial charge in [-0.1, -0.05) is 11.6 Å². The molecule has 0 aliphatic heterocycles. The molecule has 5 heteroatoms. The highest BCUT2D eigenvalue weighted by atomic mass is 35.5. The van der Waals surface area contributed by atoms with Gasteiger partial charge in [0.05, 0.1) is 5.69 Å². The van der Waals surface area contributed by atoms with E-state index < -0.39 is 0 Å². The highest BCUT2D eigenvalue weighted by Crippen LogP contribution is 2.12. The zero-order valence-corrected chi connectivity index (χ0v) is 8.65. The molecule has 14 heavy (non-hydrogen) atoms. The first kappa shape index (κ1) is 9.15. The van der Waals surface area contributed by atoms with E-state index >= 15 is 0 Å². The van der Waals surface area contributed by atoms with Gasteiger partial charge in [0.15, 0.2) is 0 Å². The van der Waals surface area contributed by atoms with Crippen LogP contribution in [-0.2, 0) is 0 Å². The minimum absolute atomic E-state index is 0.454. The Morgan fingerprint density at radius 2 is 2.14 bits per heavy atom. The van der Waals surface area contributed by atoms with Gasteiger partial charge in [-0.2, -0.15) is 5.10 Å². The number of hydrogen-bond acceptors (Lipinski definition) is 3. The molecule has 0 aliphatic carbocycles. The van der Waals surface area contributed by atoms with E-state index in [2.05, 4.69) is 15.1 Å². The number of rotatable bonds is 1. The van der Waals surface area contributed by atoms with Crippen molar-refractivity contribution >= 4 is 11.6 Å². The van der Waals surface area contributed by atoms with Gasteiger partial charge in [-0.25, -0.2) is 14.6 Å². The predicted octanol–water partition coefficient (Wildman–Crippen LogP) is 1.93. The van der Waals surface area contributed by atoms with E-state index in [9.17, 15) is 0 Å². The van der Waals surface area contributed by atoms with Crippen LogP contribution in [0.25, 0.3) is 5.69 Å². The van der Waals surface area contributed by atoms with E-state index in [-0.39, 0.29) is 0 Å². The molecule has 0 aliphatic rings. The van der Waals surface area contributed by atoms with Crippen LogP contribution in [0.5, 0.6) is 0 Å². The molecule has 0 saturated carbocycles. The standard InChI is InChI=1S/C9H9ClN4/c1-6-12-7(2)14(13-6)8-3-4-11-9(10)5-8/h3-5H,1-2H3. The third-order valence-electron chi connectivity index (χ3n) is 1.83. The fraction of sp³-hybridized carbons (Fsp3) is 0.222. The van der Waals surface area contributed by atoms with Gasteiger partial charge in [0.1, 0.15) is 16.8 Å². The summed E-state index contributed by atoms with van der Waals surface area (Å²) < 4.78 is 1.74. The van der Waals surface area contributed by atoms with Crippen LogP contribution in [0.15, 0.2) is 18.3 Å². The third-order valence-corrected chi connectivity index (χ3v) is 2.04. The summed E-state index contributed by atoms with van der Waals surface area (Å²) in [5.74, 6) is 1.58. The van der Waals surface area contributed by atoms with Gasteiger partial charge in [0.25, 0.3) is 0 Å². The minimum atomic E-state index is 0.454. The van der Waals surface area contributed by atoms with Crippen LogP contribution in [0.4, 0.5) is 0 Å². The van der Waals surface area contributed by atoms with E-state index in [0.717, 1.165) is 17.3 Å². The second-order valence-corrected chi connectivity index (χ2v) is 3.34. The maximum absolute atomic E-state index is 5.78. The quantitative estimate of drug-likeness (QED) is 0.673. The minimum Gasteiger partial charge on any atom is -0.244 e. The van der Waals surface area contributed by atoms with Crippen molar-refractivity contribution in [1.29, 1.82) is 0 Å². The zero-order valence-electron chi connectivity index (χ0n) is 7.90. The Balaban J connectivity index is 2.54. The molecule has 0 radical (unpaired) electrons. The maximum atomic E-state index is 5.78. The first-order valence-electron chi connectivity index (χ1n) is 4.19. The maximum Gasteiger partial charge on any atom is 0.148 e. The zero-order chi connectivity index (χ0) is 10.1. The molecule has 72 valence electrons. The monoisotopic (exact) mass is 208 g/mol. The Morgan fingerprint density at radius 1 is 1.36 bits per heavy atom. The summed E-state index contributed by atoms with van der Waals surface area (Å²) in [4.78, 5) is 8.11. The van der Waals surface area contributed by atoms with Crippen molar-refractivity contribution in [2.45, 2.75) is 13.8 Å². The molecular weight excluding hydrogens is 200 g/mol. The van der Waals surface area contributed by atoms with Crippen molar-refractivity contribution in [3.63, 3.8) is 0 Å². The summed E-state index contributed by atoms with van der Waals surface area (Å²) in [5.41, 5.74) is 0.878. The van der Waals surface area contributed by atoms with Gasteiger partial charge in [-0.3, -0.25) is 0 Å². The third kappa shape index (κ3) is 1.61. The van der Waals surface area contributed by atoms with E-state index in [1.807, 2.05) is 19.9 Å². The Hall–Kier alpha value is -1.42. The second kappa shape index (κ2) is 3.38. The molecule has 0 atom stereocenters. The molecule has 2 rings (SSSR count). The molecule has 0 amide bonds. The second-order valence-electron chi connectivity index (χ2n) is 2.95. The van der Waals surface area contributed by atoms with E-state index in [1.165, 1.54) is 0 Å². The number of aryl methyl sites for hydroxylation is 2. The molecule has 0 fully saturated rings. The molecule has 2 aromatic heterocycles. The normalized spacial score (nSPS) is 10.5. The average Bonchev–Trinajstić information content (AvgIpc) is 2.45. The summed E-state index contributed by atoms with van der Waals surface area (Å²) in [5, 5.41) is 4.69. The lowest BCUT2D eigenvalue weighted by atomic mass is 10.4. The van der Waals surface area contributed by atoms with Crippen molar-refractivity contribution < 1.29 is 0 Å². The number of pyridine rings is 1. The predicted molar refractivity (Wildman–Crippen MR) is 53.6 cm³/mol. The number of nitrogens with zero attached hydrogens (tertiary/aromatic N) is 4. The molecule has 0 unspecified atom stereocenters. The molecule has 2 aromatic rings. The van der Waals surface area contributed by atoms with Crippen molar-refractivity contribution in [2.24, 2.45) is 0 Å². The van der Waals surface area contributed by atoms with Gasteiger partial charge >= 0.3 is 0 Å². The van der Waals surface area contributed by atoms with E-state index in [0.29, 0.717) is 5.15 Å². The van der Waals surface area contributed by atoms with Crippen molar-refractivity contribution in [3.8, 4) is 5.69 Å². The van der Waals surface area contributed by atoms with Crippen LogP contribution in [0.2, 0.25) is 5.15 Å². The SMILES string of the molecule is Cc1nc(C)n(-c2ccnc(Cl)c2)n1. The lowest BCUT2D eigenvalue weighted by molar-refractivity contribution is 0.829. The summed E-state index contributed by atoms with van der Waals surface area (Å²) in [6.45, 7) is 3.75. The Labute approximate surface area is 86.6 Å². The molecular formula is C9H9ClN4. The molecule has 2 heterocycles. The van der Waals surface area contributed by atoms with Gasteiger partial charge in [0.2, 0.25) is 0 Å². The largest absolute Gasteiger partial charge is 0.244 e. The summed E-state index contributed by atoms with van der Waals surface area (Å²) in [6, 6.07) is 3.59. The number of hydrogen-bond donors (Lipinski definition) is 0. The summed E-state index contributed by atoms with van der Waals surface area (Å²) in [7, 11) is 0. The molecule has 4 nitrogen and oxygen atoms in total. The summed E-state index contributed by atoms with van der Waals surface area (Å²) >= 11 is 5.78. The van der Waals surface area contributed by atoms with Crippen LogP contribution in [0.3, 0.4) is 0 Å². The number of halogens is 1. The van der Waals surface area contributed by atoms with Crippen molar-refractivity contribution in [1.82, 2.24) is 19.7 Å². The van der Waals surface area contributed by atoms with E-state index in [1.54, 1.807) is 16.9 Å². The van der Waals surface area contributed by atoms with Gasteiger partial charge in [-0.05, 0) is 19.9 Å². The van der Waals surface area contributed by atoms with Crippen LogP contribution in [-0.4, -0.2) is 19.7 Å². The van der Waals surface area contributed by atoms with Crippen LogP contribution in [0, 0.1) is 13.8 Å². The van der Waals surface area contributed by atoms with Crippen molar-refractivity contribution in [2.75, 3.05) is 0 Å². The fourth-order valence-electron chi connectivity index (χ4n) is 1.29. The molecule has 0 spiro atoms. The van der Waals surface area contributed by atoms with Gasteiger partial charge in [-0.15, -0.1) is 0 Å². The first-order chi connectivity index (χ1) is 6.66. The average molecular weight is 209 g/mol. The number of aromatic nitrogens is 4. The Morgan fingerprint density at radius 3 is 2.71 bits per heavy atom. The van der Waals surface area contributed by atoms with Crippen molar-refractivity contribution in [3.05, 3.63) is 35.1 Å². The van der Waals surface area contributed by atoms with Gasteiger partial charge in [0, 0.05) is 12.3 Å². The highest BCUT2D eigenvalue weighted by Gasteiger charge is 2.04. The molecule has 0 saturated heterocycles. The van der Waals surface area contributed by atoms with Crippen LogP contribution in [0.1, 0.15) is 11.6 Å². The molecule has 0 aromatic carbocycles.